The summed E-state index contributed by atoms with van der Waals surface area (Å²) in [6, 6.07) is 7.88. The Balaban J connectivity index is 1.50. The number of ether oxygens (including phenoxy) is 1. The van der Waals surface area contributed by atoms with Gasteiger partial charge in [-0.1, -0.05) is 18.2 Å². The van der Waals surface area contributed by atoms with Crippen molar-refractivity contribution < 1.29 is 17.9 Å². The van der Waals surface area contributed by atoms with Gasteiger partial charge in [0.15, 0.2) is 11.7 Å². The average Bonchev–Trinajstić information content (AvgIpc) is 3.31. The summed E-state index contributed by atoms with van der Waals surface area (Å²) in [4.78, 5) is 4.23. The van der Waals surface area contributed by atoms with Crippen molar-refractivity contribution >= 4 is 5.96 Å². The summed E-state index contributed by atoms with van der Waals surface area (Å²) in [7, 11) is 3.09. The number of aliphatic imine (C=N–C) groups is 1. The van der Waals surface area contributed by atoms with Gasteiger partial charge in [-0.25, -0.2) is 0 Å². The molecule has 0 bridgehead atoms. The third-order valence-corrected chi connectivity index (χ3v) is 5.87. The molecule has 2 heterocycles. The number of halogens is 3. The molecule has 6 nitrogen and oxygen atoms in total. The van der Waals surface area contributed by atoms with E-state index in [1.54, 1.807) is 7.05 Å². The van der Waals surface area contributed by atoms with Gasteiger partial charge < -0.3 is 15.4 Å². The molecule has 1 aromatic heterocycles. The number of guanidine groups is 1. The highest BCUT2D eigenvalue weighted by atomic mass is 19.4. The smallest absolute Gasteiger partial charge is 0.435 e. The Morgan fingerprint density at radius 3 is 2.73 bits per heavy atom. The highest BCUT2D eigenvalue weighted by Gasteiger charge is 2.43. The molecule has 1 aliphatic carbocycles. The Hall–Kier alpha value is -2.71. The number of aromatic nitrogens is 2. The molecule has 0 saturated heterocycles. The van der Waals surface area contributed by atoms with Crippen LogP contribution in [0.25, 0.3) is 0 Å². The van der Waals surface area contributed by atoms with Gasteiger partial charge >= 0.3 is 6.18 Å². The molecule has 2 N–H and O–H groups in total. The minimum Gasteiger partial charge on any atom is -0.487 e. The highest BCUT2D eigenvalue weighted by Crippen LogP contribution is 2.47. The van der Waals surface area contributed by atoms with Crippen molar-refractivity contribution in [3.05, 3.63) is 47.3 Å². The van der Waals surface area contributed by atoms with Gasteiger partial charge in [-0.05, 0) is 31.7 Å². The number of benzene rings is 1. The van der Waals surface area contributed by atoms with Crippen molar-refractivity contribution in [2.75, 3.05) is 7.05 Å². The Labute approximate surface area is 173 Å². The van der Waals surface area contributed by atoms with E-state index in [4.69, 9.17) is 4.74 Å². The average molecular weight is 421 g/mol. The van der Waals surface area contributed by atoms with E-state index in [2.05, 4.69) is 20.7 Å². The first-order valence-corrected chi connectivity index (χ1v) is 10.1. The summed E-state index contributed by atoms with van der Waals surface area (Å²) < 4.78 is 47.2. The van der Waals surface area contributed by atoms with E-state index in [0.717, 1.165) is 43.4 Å². The summed E-state index contributed by atoms with van der Waals surface area (Å²) in [5.74, 6) is 1.31. The van der Waals surface area contributed by atoms with Crippen molar-refractivity contribution in [3.8, 4) is 5.75 Å². The molecule has 2 aliphatic rings. The molecule has 162 valence electrons. The van der Waals surface area contributed by atoms with Crippen molar-refractivity contribution in [1.82, 2.24) is 20.4 Å². The van der Waals surface area contributed by atoms with E-state index in [1.807, 2.05) is 24.3 Å². The lowest BCUT2D eigenvalue weighted by Crippen LogP contribution is -2.46. The number of fused-ring (bicyclic) bond motifs is 1. The van der Waals surface area contributed by atoms with E-state index < -0.39 is 11.9 Å². The fourth-order valence-electron chi connectivity index (χ4n) is 4.52. The van der Waals surface area contributed by atoms with Gasteiger partial charge in [-0.3, -0.25) is 9.67 Å². The van der Waals surface area contributed by atoms with Crippen LogP contribution < -0.4 is 15.4 Å². The highest BCUT2D eigenvalue weighted by molar-refractivity contribution is 5.80. The van der Waals surface area contributed by atoms with Gasteiger partial charge in [0, 0.05) is 44.4 Å². The predicted octanol–water partition coefficient (Wildman–Crippen LogP) is 3.94. The number of alkyl halides is 3. The maximum absolute atomic E-state index is 13.2. The first kappa shape index (κ1) is 20.6. The van der Waals surface area contributed by atoms with Crippen LogP contribution in [-0.2, 0) is 19.8 Å². The van der Waals surface area contributed by atoms with E-state index in [9.17, 15) is 13.2 Å². The molecule has 0 radical (unpaired) electrons. The number of nitrogens with zero attached hydrogens (tertiary/aromatic N) is 3. The van der Waals surface area contributed by atoms with Crippen LogP contribution in [0.5, 0.6) is 5.75 Å². The molecule has 1 atom stereocenters. The van der Waals surface area contributed by atoms with Gasteiger partial charge in [0.25, 0.3) is 0 Å². The number of aryl methyl sites for hydroxylation is 1. The number of nitrogens with one attached hydrogen (secondary N) is 2. The number of hydrogen-bond acceptors (Lipinski definition) is 3. The lowest BCUT2D eigenvalue weighted by molar-refractivity contribution is -0.142. The second-order valence-electron chi connectivity index (χ2n) is 8.03. The van der Waals surface area contributed by atoms with Crippen molar-refractivity contribution in [2.45, 2.75) is 56.5 Å². The molecule has 1 aliphatic heterocycles. The van der Waals surface area contributed by atoms with Crippen molar-refractivity contribution in [1.29, 1.82) is 0 Å². The van der Waals surface area contributed by atoms with E-state index in [0.29, 0.717) is 5.96 Å². The van der Waals surface area contributed by atoms with E-state index in [-0.39, 0.29) is 23.8 Å². The predicted molar refractivity (Wildman–Crippen MR) is 107 cm³/mol. The van der Waals surface area contributed by atoms with Crippen LogP contribution in [0, 0.1) is 0 Å². The monoisotopic (exact) mass is 421 g/mol. The number of hydrogen-bond donors (Lipinski definition) is 2. The second-order valence-corrected chi connectivity index (χ2v) is 8.03. The van der Waals surface area contributed by atoms with Crippen molar-refractivity contribution in [2.24, 2.45) is 12.0 Å². The Morgan fingerprint density at radius 2 is 2.03 bits per heavy atom. The zero-order valence-electron chi connectivity index (χ0n) is 17.1. The number of rotatable bonds is 3. The first-order chi connectivity index (χ1) is 14.3. The SMILES string of the molecule is CN=C(NCc1cn(C)nc1C(F)(F)F)NC1CC2(CCCC2)Oc2ccccc21. The third kappa shape index (κ3) is 4.11. The van der Waals surface area contributed by atoms with E-state index in [1.165, 1.54) is 17.9 Å². The Kier molecular flexibility index (Phi) is 5.38. The van der Waals surface area contributed by atoms with Crippen LogP contribution in [0.15, 0.2) is 35.5 Å². The fourth-order valence-corrected chi connectivity index (χ4v) is 4.52. The molecule has 1 saturated carbocycles. The summed E-state index contributed by atoms with van der Waals surface area (Å²) in [6.07, 6.45) is 1.98. The molecule has 1 fully saturated rings. The molecule has 9 heteroatoms. The van der Waals surface area contributed by atoms with Crippen LogP contribution >= 0.6 is 0 Å². The Bertz CT molecular complexity index is 931. The lowest BCUT2D eigenvalue weighted by atomic mass is 9.86. The minimum absolute atomic E-state index is 0.0294. The molecular formula is C21H26F3N5O. The van der Waals surface area contributed by atoms with Crippen LogP contribution in [0.4, 0.5) is 13.2 Å². The first-order valence-electron chi connectivity index (χ1n) is 10.1. The minimum atomic E-state index is -4.50. The summed E-state index contributed by atoms with van der Waals surface area (Å²) in [5.41, 5.74) is 0.0507. The zero-order valence-corrected chi connectivity index (χ0v) is 17.1. The standard InChI is InChI=1S/C21H26F3N5O/c1-25-19(26-12-14-13-29(2)28-18(14)21(22,23)24)27-16-11-20(9-5-6-10-20)30-17-8-4-3-7-15(16)17/h3-4,7-8,13,16H,5-6,9-12H2,1-2H3,(H2,25,26,27). The van der Waals surface area contributed by atoms with Gasteiger partial charge in [0.1, 0.15) is 11.4 Å². The molecule has 30 heavy (non-hydrogen) atoms. The second kappa shape index (κ2) is 7.85. The molecule has 1 spiro atoms. The van der Waals surface area contributed by atoms with Crippen LogP contribution in [0.1, 0.15) is 55.0 Å². The van der Waals surface area contributed by atoms with Crippen LogP contribution in [-0.4, -0.2) is 28.4 Å². The zero-order chi connectivity index (χ0) is 21.4. The maximum atomic E-state index is 13.2. The molecular weight excluding hydrogens is 395 g/mol. The Morgan fingerprint density at radius 1 is 1.30 bits per heavy atom. The molecule has 1 aromatic carbocycles. The third-order valence-electron chi connectivity index (χ3n) is 5.87. The topological polar surface area (TPSA) is 63.5 Å². The molecule has 2 aromatic rings. The quantitative estimate of drug-likeness (QED) is 0.582. The van der Waals surface area contributed by atoms with E-state index >= 15 is 0 Å². The van der Waals surface area contributed by atoms with Crippen LogP contribution in [0.2, 0.25) is 0 Å². The van der Waals surface area contributed by atoms with Gasteiger partial charge in [-0.2, -0.15) is 18.3 Å². The number of para-hydroxylation sites is 1. The maximum Gasteiger partial charge on any atom is 0.435 e. The molecule has 0 amide bonds. The van der Waals surface area contributed by atoms with Crippen LogP contribution in [0.3, 0.4) is 0 Å². The van der Waals surface area contributed by atoms with Gasteiger partial charge in [0.05, 0.1) is 6.04 Å². The summed E-state index contributed by atoms with van der Waals surface area (Å²) in [6.45, 7) is -0.0294. The van der Waals surface area contributed by atoms with Crippen molar-refractivity contribution in [3.63, 3.8) is 0 Å². The fraction of sp³-hybridized carbons (Fsp3) is 0.524. The normalized spacial score (nSPS) is 20.7. The molecule has 4 rings (SSSR count). The summed E-state index contributed by atoms with van der Waals surface area (Å²) >= 11 is 0. The van der Waals surface area contributed by atoms with Gasteiger partial charge in [-0.15, -0.1) is 0 Å². The summed E-state index contributed by atoms with van der Waals surface area (Å²) in [5, 5.41) is 9.97. The molecule has 1 unspecified atom stereocenters. The lowest BCUT2D eigenvalue weighted by Gasteiger charge is -2.40. The van der Waals surface area contributed by atoms with Gasteiger partial charge in [0.2, 0.25) is 0 Å². The largest absolute Gasteiger partial charge is 0.487 e.